The molecule has 3 aliphatic heterocycles. The molecule has 3 atom stereocenters. The second kappa shape index (κ2) is 9.08. The lowest BCUT2D eigenvalue weighted by Gasteiger charge is -2.44. The number of rotatable bonds is 7. The molecule has 3 heterocycles. The van der Waals surface area contributed by atoms with Crippen LogP contribution in [-0.4, -0.2) is 69.1 Å². The molecule has 0 aliphatic carbocycles. The lowest BCUT2D eigenvalue weighted by molar-refractivity contribution is -0.144. The van der Waals surface area contributed by atoms with Crippen molar-refractivity contribution >= 4 is 35.3 Å². The van der Waals surface area contributed by atoms with E-state index in [2.05, 4.69) is 24.6 Å². The molecule has 3 aliphatic rings. The predicted molar refractivity (Wildman–Crippen MR) is 121 cm³/mol. The summed E-state index contributed by atoms with van der Waals surface area (Å²) in [7, 11) is 0. The SMILES string of the molecule is CCc1ccccc1NC(=O)CN1NC2N(CCC(C)C)C(=O)C3SCCC3N2C1=O. The molecule has 4 amide bonds. The van der Waals surface area contributed by atoms with Crippen molar-refractivity contribution in [3.05, 3.63) is 29.8 Å². The van der Waals surface area contributed by atoms with Crippen LogP contribution in [0.15, 0.2) is 24.3 Å². The van der Waals surface area contributed by atoms with E-state index in [0.717, 1.165) is 36.3 Å². The number of nitrogens with one attached hydrogen (secondary N) is 2. The molecule has 1 aromatic rings. The minimum Gasteiger partial charge on any atom is -0.324 e. The van der Waals surface area contributed by atoms with Crippen LogP contribution in [0.2, 0.25) is 0 Å². The van der Waals surface area contributed by atoms with Gasteiger partial charge in [0.15, 0.2) is 6.29 Å². The summed E-state index contributed by atoms with van der Waals surface area (Å²) in [6, 6.07) is 7.31. The number of hydrogen-bond acceptors (Lipinski definition) is 5. The Morgan fingerprint density at radius 1 is 1.29 bits per heavy atom. The second-order valence-electron chi connectivity index (χ2n) is 8.70. The summed E-state index contributed by atoms with van der Waals surface area (Å²) in [6.45, 7) is 6.76. The van der Waals surface area contributed by atoms with Gasteiger partial charge in [-0.05, 0) is 42.6 Å². The highest BCUT2D eigenvalue weighted by atomic mass is 32.2. The Labute approximate surface area is 187 Å². The van der Waals surface area contributed by atoms with Gasteiger partial charge in [0, 0.05) is 12.2 Å². The van der Waals surface area contributed by atoms with Gasteiger partial charge in [-0.25, -0.2) is 9.80 Å². The van der Waals surface area contributed by atoms with Crippen molar-refractivity contribution < 1.29 is 14.4 Å². The maximum Gasteiger partial charge on any atom is 0.337 e. The average molecular weight is 446 g/mol. The Bertz CT molecular complexity index is 863. The molecule has 3 fully saturated rings. The zero-order chi connectivity index (χ0) is 22.1. The van der Waals surface area contributed by atoms with Gasteiger partial charge < -0.3 is 10.2 Å². The first-order valence-corrected chi connectivity index (χ1v) is 12.1. The third-order valence-corrected chi connectivity index (χ3v) is 7.49. The fraction of sp³-hybridized carbons (Fsp3) is 0.591. The number of hydrazine groups is 1. The lowest BCUT2D eigenvalue weighted by atomic mass is 10.0. The molecule has 0 radical (unpaired) electrons. The normalized spacial score (nSPS) is 25.3. The van der Waals surface area contributed by atoms with Crippen LogP contribution in [0.1, 0.15) is 39.2 Å². The minimum atomic E-state index is -0.519. The van der Waals surface area contributed by atoms with E-state index in [0.29, 0.717) is 12.5 Å². The van der Waals surface area contributed by atoms with Crippen molar-refractivity contribution in [2.24, 2.45) is 5.92 Å². The van der Waals surface area contributed by atoms with Crippen molar-refractivity contribution in [1.82, 2.24) is 20.2 Å². The summed E-state index contributed by atoms with van der Waals surface area (Å²) in [5, 5.41) is 4.07. The minimum absolute atomic E-state index is 0.0953. The Balaban J connectivity index is 1.49. The second-order valence-corrected chi connectivity index (χ2v) is 9.95. The van der Waals surface area contributed by atoms with Crippen LogP contribution < -0.4 is 10.7 Å². The number of carbonyl (C=O) groups is 3. The number of amides is 4. The van der Waals surface area contributed by atoms with Crippen LogP contribution in [0, 0.1) is 5.92 Å². The zero-order valence-electron chi connectivity index (χ0n) is 18.3. The van der Waals surface area contributed by atoms with Crippen molar-refractivity contribution in [2.75, 3.05) is 24.2 Å². The third-order valence-electron chi connectivity index (χ3n) is 6.15. The van der Waals surface area contributed by atoms with Crippen LogP contribution in [0.25, 0.3) is 0 Å². The third kappa shape index (κ3) is 4.25. The van der Waals surface area contributed by atoms with Crippen molar-refractivity contribution in [2.45, 2.75) is 57.6 Å². The van der Waals surface area contributed by atoms with E-state index in [-0.39, 0.29) is 35.7 Å². The van der Waals surface area contributed by atoms with Gasteiger partial charge in [0.2, 0.25) is 11.8 Å². The van der Waals surface area contributed by atoms with Crippen LogP contribution in [0.4, 0.5) is 10.5 Å². The van der Waals surface area contributed by atoms with Crippen LogP contribution in [-0.2, 0) is 16.0 Å². The van der Waals surface area contributed by atoms with Crippen LogP contribution in [0.3, 0.4) is 0 Å². The quantitative estimate of drug-likeness (QED) is 0.674. The number of anilines is 1. The molecule has 8 nitrogen and oxygen atoms in total. The first-order valence-electron chi connectivity index (χ1n) is 11.1. The molecule has 0 saturated carbocycles. The standard InChI is InChI=1S/C22H31N5O3S/c1-4-15-7-5-6-8-16(15)23-18(28)13-26-22(30)27-17-10-12-31-19(17)20(29)25(21(27)24-26)11-9-14(2)3/h5-8,14,17,19,21,24H,4,9-13H2,1-3H3,(H,23,28). The van der Waals surface area contributed by atoms with Gasteiger partial charge in [0.25, 0.3) is 0 Å². The maximum absolute atomic E-state index is 13.2. The van der Waals surface area contributed by atoms with Gasteiger partial charge in [0.1, 0.15) is 11.8 Å². The van der Waals surface area contributed by atoms with Gasteiger partial charge in [-0.15, -0.1) is 11.8 Å². The number of nitrogens with zero attached hydrogens (tertiary/aromatic N) is 3. The summed E-state index contributed by atoms with van der Waals surface area (Å²) in [5.74, 6) is 1.15. The van der Waals surface area contributed by atoms with Crippen LogP contribution in [0.5, 0.6) is 0 Å². The number of hydrogen-bond donors (Lipinski definition) is 2. The number of carbonyl (C=O) groups excluding carboxylic acids is 3. The molecule has 0 spiro atoms. The van der Waals surface area contributed by atoms with Crippen molar-refractivity contribution in [3.8, 4) is 0 Å². The largest absolute Gasteiger partial charge is 0.337 e. The molecule has 3 unspecified atom stereocenters. The molecule has 2 N–H and O–H groups in total. The molecule has 168 valence electrons. The topological polar surface area (TPSA) is 85.0 Å². The van der Waals surface area contributed by atoms with E-state index in [1.165, 1.54) is 5.01 Å². The first kappa shape index (κ1) is 22.0. The summed E-state index contributed by atoms with van der Waals surface area (Å²) in [6.07, 6.45) is 1.95. The molecular weight excluding hydrogens is 414 g/mol. The van der Waals surface area contributed by atoms with E-state index in [1.807, 2.05) is 31.2 Å². The van der Waals surface area contributed by atoms with E-state index in [1.54, 1.807) is 21.6 Å². The van der Waals surface area contributed by atoms with Gasteiger partial charge in [0.05, 0.1) is 6.04 Å². The van der Waals surface area contributed by atoms with Gasteiger partial charge in [-0.1, -0.05) is 39.0 Å². The lowest BCUT2D eigenvalue weighted by Crippen LogP contribution is -2.66. The maximum atomic E-state index is 13.2. The Morgan fingerprint density at radius 2 is 2.06 bits per heavy atom. The zero-order valence-corrected chi connectivity index (χ0v) is 19.2. The van der Waals surface area contributed by atoms with Gasteiger partial charge in [-0.3, -0.25) is 14.5 Å². The van der Waals surface area contributed by atoms with Gasteiger partial charge >= 0.3 is 6.03 Å². The highest BCUT2D eigenvalue weighted by Crippen LogP contribution is 2.39. The highest BCUT2D eigenvalue weighted by Gasteiger charge is 2.55. The molecule has 31 heavy (non-hydrogen) atoms. The number of aryl methyl sites for hydroxylation is 1. The number of benzene rings is 1. The summed E-state index contributed by atoms with van der Waals surface area (Å²) in [4.78, 5) is 42.7. The average Bonchev–Trinajstić information content (AvgIpc) is 3.33. The molecular formula is C22H31N5O3S. The molecule has 1 aromatic carbocycles. The Hall–Kier alpha value is -2.26. The molecule has 0 bridgehead atoms. The number of fused-ring (bicyclic) bond motifs is 3. The van der Waals surface area contributed by atoms with Crippen molar-refractivity contribution in [3.63, 3.8) is 0 Å². The van der Waals surface area contributed by atoms with E-state index in [9.17, 15) is 14.4 Å². The smallest absolute Gasteiger partial charge is 0.324 e. The first-order chi connectivity index (χ1) is 14.9. The van der Waals surface area contributed by atoms with Crippen molar-refractivity contribution in [1.29, 1.82) is 0 Å². The molecule has 9 heteroatoms. The molecule has 3 saturated heterocycles. The predicted octanol–water partition coefficient (Wildman–Crippen LogP) is 2.48. The number of para-hydroxylation sites is 1. The van der Waals surface area contributed by atoms with E-state index in [4.69, 9.17) is 0 Å². The Morgan fingerprint density at radius 3 is 2.81 bits per heavy atom. The van der Waals surface area contributed by atoms with Gasteiger partial charge in [-0.2, -0.15) is 5.43 Å². The highest BCUT2D eigenvalue weighted by molar-refractivity contribution is 8.00. The number of thioether (sulfide) groups is 1. The number of urea groups is 1. The van der Waals surface area contributed by atoms with E-state index < -0.39 is 6.29 Å². The summed E-state index contributed by atoms with van der Waals surface area (Å²) < 4.78 is 0. The molecule has 0 aromatic heterocycles. The fourth-order valence-corrected chi connectivity index (χ4v) is 5.85. The monoisotopic (exact) mass is 445 g/mol. The Kier molecular flexibility index (Phi) is 6.43. The van der Waals surface area contributed by atoms with Crippen LogP contribution >= 0.6 is 11.8 Å². The van der Waals surface area contributed by atoms with E-state index >= 15 is 0 Å². The summed E-state index contributed by atoms with van der Waals surface area (Å²) in [5.41, 5.74) is 4.96. The summed E-state index contributed by atoms with van der Waals surface area (Å²) >= 11 is 1.63. The fourth-order valence-electron chi connectivity index (χ4n) is 4.45. The molecule has 4 rings (SSSR count).